The zero-order valence-corrected chi connectivity index (χ0v) is 10.6. The van der Waals surface area contributed by atoms with Gasteiger partial charge in [-0.1, -0.05) is 0 Å². The van der Waals surface area contributed by atoms with Crippen LogP contribution in [0.5, 0.6) is 0 Å². The fourth-order valence-corrected chi connectivity index (χ4v) is 2.02. The maximum atomic E-state index is 13.0. The van der Waals surface area contributed by atoms with Gasteiger partial charge in [0.15, 0.2) is 5.82 Å². The first-order valence-corrected chi connectivity index (χ1v) is 5.92. The number of pyridine rings is 1. The molecule has 82 valence electrons. The summed E-state index contributed by atoms with van der Waals surface area (Å²) in [5.41, 5.74) is 0. The average molecular weight is 322 g/mol. The zero-order chi connectivity index (χ0) is 10.8. The van der Waals surface area contributed by atoms with Crippen molar-refractivity contribution in [3.05, 3.63) is 21.7 Å². The van der Waals surface area contributed by atoms with Gasteiger partial charge in [-0.25, -0.2) is 9.37 Å². The number of hydrogen-bond donors (Lipinski definition) is 0. The summed E-state index contributed by atoms with van der Waals surface area (Å²) >= 11 is 1.98. The molecular weight excluding hydrogens is 310 g/mol. The molecule has 3 nitrogen and oxygen atoms in total. The molecule has 0 spiro atoms. The van der Waals surface area contributed by atoms with E-state index >= 15 is 0 Å². The summed E-state index contributed by atoms with van der Waals surface area (Å²) in [5.74, 6) is 0.566. The largest absolute Gasteiger partial charge is 0.375 e. The number of nitrogens with zero attached hydrogens (tertiary/aromatic N) is 2. The van der Waals surface area contributed by atoms with Crippen LogP contribution in [-0.4, -0.2) is 30.8 Å². The van der Waals surface area contributed by atoms with E-state index in [1.165, 1.54) is 6.20 Å². The van der Waals surface area contributed by atoms with Gasteiger partial charge in [0.1, 0.15) is 5.82 Å². The molecule has 1 aliphatic heterocycles. The molecule has 0 aromatic carbocycles. The maximum absolute atomic E-state index is 13.0. The van der Waals surface area contributed by atoms with Crippen LogP contribution in [0.4, 0.5) is 10.2 Å². The lowest BCUT2D eigenvalue weighted by atomic mass is 10.3. The van der Waals surface area contributed by atoms with Gasteiger partial charge in [-0.3, -0.25) is 0 Å². The van der Waals surface area contributed by atoms with E-state index in [4.69, 9.17) is 4.74 Å². The van der Waals surface area contributed by atoms with Gasteiger partial charge in [0.05, 0.1) is 22.5 Å². The van der Waals surface area contributed by atoms with Gasteiger partial charge in [-0.2, -0.15) is 0 Å². The minimum Gasteiger partial charge on any atom is -0.375 e. The second kappa shape index (κ2) is 4.61. The number of anilines is 1. The number of hydrogen-bond acceptors (Lipinski definition) is 3. The summed E-state index contributed by atoms with van der Waals surface area (Å²) < 4.78 is 19.1. The Labute approximate surface area is 102 Å². The summed E-state index contributed by atoms with van der Waals surface area (Å²) in [7, 11) is 0. The molecule has 15 heavy (non-hydrogen) atoms. The topological polar surface area (TPSA) is 25.4 Å². The second-order valence-electron chi connectivity index (χ2n) is 3.58. The molecule has 1 unspecified atom stereocenters. The van der Waals surface area contributed by atoms with E-state index in [0.717, 1.165) is 18.9 Å². The molecule has 2 rings (SSSR count). The first kappa shape index (κ1) is 11.1. The van der Waals surface area contributed by atoms with Crippen LogP contribution >= 0.6 is 22.6 Å². The smallest absolute Gasteiger partial charge is 0.154 e. The molecule has 1 atom stereocenters. The Hall–Kier alpha value is -0.430. The molecule has 5 heteroatoms. The monoisotopic (exact) mass is 322 g/mol. The highest BCUT2D eigenvalue weighted by Crippen LogP contribution is 2.19. The molecule has 1 aromatic rings. The lowest BCUT2D eigenvalue weighted by Crippen LogP contribution is -2.41. The fourth-order valence-electron chi connectivity index (χ4n) is 1.60. The van der Waals surface area contributed by atoms with Crippen LogP contribution in [-0.2, 0) is 4.74 Å². The molecule has 0 radical (unpaired) electrons. The van der Waals surface area contributed by atoms with Crippen molar-refractivity contribution in [2.24, 2.45) is 0 Å². The van der Waals surface area contributed by atoms with Crippen molar-refractivity contribution >= 4 is 28.4 Å². The van der Waals surface area contributed by atoms with E-state index in [9.17, 15) is 4.39 Å². The van der Waals surface area contributed by atoms with E-state index < -0.39 is 0 Å². The van der Waals surface area contributed by atoms with Crippen LogP contribution in [0.25, 0.3) is 0 Å². The third kappa shape index (κ3) is 2.57. The van der Waals surface area contributed by atoms with Gasteiger partial charge in [0.25, 0.3) is 0 Å². The van der Waals surface area contributed by atoms with Crippen molar-refractivity contribution in [3.8, 4) is 0 Å². The number of ether oxygens (including phenoxy) is 1. The molecule has 0 saturated carbocycles. The Balaban J connectivity index is 2.18. The zero-order valence-electron chi connectivity index (χ0n) is 8.41. The minimum absolute atomic E-state index is 0.211. The molecule has 2 heterocycles. The lowest BCUT2D eigenvalue weighted by Gasteiger charge is -2.32. The third-order valence-electron chi connectivity index (χ3n) is 2.36. The number of aromatic nitrogens is 1. The van der Waals surface area contributed by atoms with Crippen molar-refractivity contribution < 1.29 is 9.13 Å². The first-order valence-electron chi connectivity index (χ1n) is 4.84. The van der Waals surface area contributed by atoms with Crippen molar-refractivity contribution in [1.82, 2.24) is 4.98 Å². The van der Waals surface area contributed by atoms with E-state index in [0.29, 0.717) is 10.2 Å². The van der Waals surface area contributed by atoms with Crippen molar-refractivity contribution in [1.29, 1.82) is 0 Å². The Morgan fingerprint density at radius 1 is 1.67 bits per heavy atom. The fraction of sp³-hybridized carbons (Fsp3) is 0.500. The van der Waals surface area contributed by atoms with E-state index in [2.05, 4.69) is 9.88 Å². The molecule has 0 bridgehead atoms. The normalized spacial score (nSPS) is 21.8. The third-order valence-corrected chi connectivity index (χ3v) is 3.19. The van der Waals surface area contributed by atoms with Crippen LogP contribution in [0.3, 0.4) is 0 Å². The Kier molecular flexibility index (Phi) is 3.40. The lowest BCUT2D eigenvalue weighted by molar-refractivity contribution is 0.0529. The number of morpholine rings is 1. The predicted octanol–water partition coefficient (Wildman–Crippen LogP) is 2.05. The summed E-state index contributed by atoms with van der Waals surface area (Å²) in [5, 5.41) is 0. The van der Waals surface area contributed by atoms with Crippen molar-refractivity contribution in [2.45, 2.75) is 13.0 Å². The number of rotatable bonds is 1. The SMILES string of the molecule is CC1CN(c2cc(I)c(F)cn2)CCO1. The first-order chi connectivity index (χ1) is 7.16. The average Bonchev–Trinajstić information content (AvgIpc) is 2.22. The second-order valence-corrected chi connectivity index (χ2v) is 4.75. The molecular formula is C10H12FIN2O. The van der Waals surface area contributed by atoms with Gasteiger partial charge in [-0.05, 0) is 35.6 Å². The van der Waals surface area contributed by atoms with Crippen molar-refractivity contribution in [3.63, 3.8) is 0 Å². The summed E-state index contributed by atoms with van der Waals surface area (Å²) in [6, 6.07) is 1.77. The van der Waals surface area contributed by atoms with E-state index in [1.807, 2.05) is 29.5 Å². The highest BCUT2D eigenvalue weighted by Gasteiger charge is 2.18. The van der Waals surface area contributed by atoms with Gasteiger partial charge < -0.3 is 9.64 Å². The maximum Gasteiger partial charge on any atom is 0.154 e. The molecule has 1 aromatic heterocycles. The van der Waals surface area contributed by atoms with E-state index in [-0.39, 0.29) is 11.9 Å². The van der Waals surface area contributed by atoms with Crippen LogP contribution < -0.4 is 4.90 Å². The molecule has 1 fully saturated rings. The van der Waals surface area contributed by atoms with Crippen LogP contribution in [0.15, 0.2) is 12.3 Å². The Morgan fingerprint density at radius 2 is 2.47 bits per heavy atom. The molecule has 0 aliphatic carbocycles. The van der Waals surface area contributed by atoms with E-state index in [1.54, 1.807) is 6.07 Å². The van der Waals surface area contributed by atoms with Gasteiger partial charge in [0, 0.05) is 13.1 Å². The minimum atomic E-state index is -0.263. The van der Waals surface area contributed by atoms with Crippen LogP contribution in [0, 0.1) is 9.39 Å². The summed E-state index contributed by atoms with van der Waals surface area (Å²) in [6.45, 7) is 4.37. The standard InChI is InChI=1S/C10H12FIN2O/c1-7-6-14(2-3-15-7)10-4-9(12)8(11)5-13-10/h4-5,7H,2-3,6H2,1H3. The highest BCUT2D eigenvalue weighted by atomic mass is 127. The predicted molar refractivity (Wildman–Crippen MR) is 64.5 cm³/mol. The molecule has 0 N–H and O–H groups in total. The van der Waals surface area contributed by atoms with Crippen molar-refractivity contribution in [2.75, 3.05) is 24.6 Å². The van der Waals surface area contributed by atoms with Gasteiger partial charge >= 0.3 is 0 Å². The van der Waals surface area contributed by atoms with Crippen LogP contribution in [0.2, 0.25) is 0 Å². The molecule has 1 saturated heterocycles. The van der Waals surface area contributed by atoms with Gasteiger partial charge in [0.2, 0.25) is 0 Å². The number of halogens is 2. The quantitative estimate of drug-likeness (QED) is 0.740. The summed E-state index contributed by atoms with van der Waals surface area (Å²) in [4.78, 5) is 6.21. The highest BCUT2D eigenvalue weighted by molar-refractivity contribution is 14.1. The molecule has 0 amide bonds. The Morgan fingerprint density at radius 3 is 3.13 bits per heavy atom. The Bertz CT molecular complexity index is 361. The molecule has 1 aliphatic rings. The van der Waals surface area contributed by atoms with Gasteiger partial charge in [-0.15, -0.1) is 0 Å². The summed E-state index contributed by atoms with van der Waals surface area (Å²) in [6.07, 6.45) is 1.49. The van der Waals surface area contributed by atoms with Crippen LogP contribution in [0.1, 0.15) is 6.92 Å².